The first-order valence-electron chi connectivity index (χ1n) is 7.92. The maximum Gasteiger partial charge on any atom is 0.277 e. The fourth-order valence-corrected chi connectivity index (χ4v) is 4.12. The van der Waals surface area contributed by atoms with Crippen LogP contribution in [0.5, 0.6) is 0 Å². The predicted octanol–water partition coefficient (Wildman–Crippen LogP) is 4.37. The van der Waals surface area contributed by atoms with Crippen molar-refractivity contribution in [2.45, 2.75) is 5.37 Å². The molecular formula is C19H15FN2O2S. The summed E-state index contributed by atoms with van der Waals surface area (Å²) >= 11 is 1.62. The summed E-state index contributed by atoms with van der Waals surface area (Å²) in [6.45, 7) is 0.595. The Balaban J connectivity index is 1.59. The molecule has 25 heavy (non-hydrogen) atoms. The Morgan fingerprint density at radius 1 is 1.16 bits per heavy atom. The molecule has 0 bridgehead atoms. The van der Waals surface area contributed by atoms with E-state index in [0.717, 1.165) is 16.9 Å². The third-order valence-electron chi connectivity index (χ3n) is 4.07. The Labute approximate surface area is 148 Å². The minimum absolute atomic E-state index is 0.204. The lowest BCUT2D eigenvalue weighted by Crippen LogP contribution is -2.30. The molecule has 0 spiro atoms. The summed E-state index contributed by atoms with van der Waals surface area (Å²) in [5.74, 6) is 0.851. The molecule has 4 nitrogen and oxygen atoms in total. The summed E-state index contributed by atoms with van der Waals surface area (Å²) < 4.78 is 18.8. The van der Waals surface area contributed by atoms with Crippen LogP contribution in [0.25, 0.3) is 11.3 Å². The van der Waals surface area contributed by atoms with E-state index in [2.05, 4.69) is 5.16 Å². The van der Waals surface area contributed by atoms with Gasteiger partial charge in [0.05, 0.1) is 0 Å². The van der Waals surface area contributed by atoms with Gasteiger partial charge in [0.1, 0.15) is 11.2 Å². The fourth-order valence-electron chi connectivity index (χ4n) is 2.88. The average molecular weight is 354 g/mol. The number of rotatable bonds is 3. The highest BCUT2D eigenvalue weighted by atomic mass is 32.2. The van der Waals surface area contributed by atoms with Gasteiger partial charge in [-0.15, -0.1) is 11.8 Å². The van der Waals surface area contributed by atoms with E-state index in [-0.39, 0.29) is 22.8 Å². The van der Waals surface area contributed by atoms with Crippen molar-refractivity contribution >= 4 is 17.7 Å². The third-order valence-corrected chi connectivity index (χ3v) is 5.33. The summed E-state index contributed by atoms with van der Waals surface area (Å²) in [6, 6.07) is 17.5. The van der Waals surface area contributed by atoms with Crippen LogP contribution in [-0.2, 0) is 0 Å². The van der Waals surface area contributed by atoms with E-state index in [9.17, 15) is 9.18 Å². The van der Waals surface area contributed by atoms with E-state index >= 15 is 0 Å². The fraction of sp³-hybridized carbons (Fsp3) is 0.158. The van der Waals surface area contributed by atoms with Gasteiger partial charge in [-0.05, 0) is 17.7 Å². The zero-order valence-corrected chi connectivity index (χ0v) is 14.1. The third kappa shape index (κ3) is 3.17. The summed E-state index contributed by atoms with van der Waals surface area (Å²) in [5, 5.41) is 3.72. The first-order valence-corrected chi connectivity index (χ1v) is 8.97. The first kappa shape index (κ1) is 15.9. The van der Waals surface area contributed by atoms with Crippen molar-refractivity contribution in [1.82, 2.24) is 10.1 Å². The van der Waals surface area contributed by atoms with E-state index in [4.69, 9.17) is 4.52 Å². The maximum atomic E-state index is 13.5. The van der Waals surface area contributed by atoms with Crippen LogP contribution in [0.15, 0.2) is 65.2 Å². The van der Waals surface area contributed by atoms with Gasteiger partial charge in [-0.1, -0.05) is 47.6 Å². The van der Waals surface area contributed by atoms with Crippen molar-refractivity contribution in [2.75, 3.05) is 12.3 Å². The van der Waals surface area contributed by atoms with Crippen LogP contribution in [-0.4, -0.2) is 28.3 Å². The van der Waals surface area contributed by atoms with Crippen molar-refractivity contribution in [1.29, 1.82) is 0 Å². The Morgan fingerprint density at radius 2 is 2.00 bits per heavy atom. The molecule has 4 rings (SSSR count). The second-order valence-corrected chi connectivity index (χ2v) is 6.91. The van der Waals surface area contributed by atoms with Crippen molar-refractivity contribution in [2.24, 2.45) is 0 Å². The van der Waals surface area contributed by atoms with E-state index in [1.807, 2.05) is 36.4 Å². The number of hydrogen-bond acceptors (Lipinski definition) is 4. The van der Waals surface area contributed by atoms with Crippen LogP contribution in [0.3, 0.4) is 0 Å². The molecule has 2 aromatic carbocycles. The summed E-state index contributed by atoms with van der Waals surface area (Å²) in [7, 11) is 0. The number of thioether (sulfide) groups is 1. The molecule has 1 aromatic heterocycles. The Hall–Kier alpha value is -2.60. The quantitative estimate of drug-likeness (QED) is 0.701. The van der Waals surface area contributed by atoms with Crippen LogP contribution in [0, 0.1) is 5.82 Å². The molecule has 6 heteroatoms. The lowest BCUT2D eigenvalue weighted by Gasteiger charge is -2.23. The predicted molar refractivity (Wildman–Crippen MR) is 94.6 cm³/mol. The molecule has 0 radical (unpaired) electrons. The second-order valence-electron chi connectivity index (χ2n) is 5.72. The molecule has 0 unspecified atom stereocenters. The molecule has 3 aromatic rings. The van der Waals surface area contributed by atoms with E-state index in [1.165, 1.54) is 12.1 Å². The normalized spacial score (nSPS) is 17.0. The molecule has 126 valence electrons. The Bertz CT molecular complexity index is 897. The number of nitrogens with zero attached hydrogens (tertiary/aromatic N) is 2. The highest BCUT2D eigenvalue weighted by Crippen LogP contribution is 2.39. The molecule has 1 atom stereocenters. The minimum atomic E-state index is -0.301. The number of carbonyl (C=O) groups is 1. The molecule has 1 fully saturated rings. The topological polar surface area (TPSA) is 46.3 Å². The minimum Gasteiger partial charge on any atom is -0.355 e. The summed E-state index contributed by atoms with van der Waals surface area (Å²) in [4.78, 5) is 14.6. The Morgan fingerprint density at radius 3 is 2.80 bits per heavy atom. The van der Waals surface area contributed by atoms with E-state index < -0.39 is 0 Å². The highest BCUT2D eigenvalue weighted by molar-refractivity contribution is 7.99. The van der Waals surface area contributed by atoms with E-state index in [0.29, 0.717) is 12.3 Å². The number of aromatic nitrogens is 1. The molecule has 1 aliphatic heterocycles. The van der Waals surface area contributed by atoms with Crippen molar-refractivity contribution in [3.05, 3.63) is 77.7 Å². The SMILES string of the molecule is O=C(c1cc(-c2ccccc2)on1)N1CCS[C@@H]1c1cccc(F)c1. The van der Waals surface area contributed by atoms with Crippen LogP contribution in [0.2, 0.25) is 0 Å². The van der Waals surface area contributed by atoms with Crippen molar-refractivity contribution < 1.29 is 13.7 Å². The molecule has 1 saturated heterocycles. The van der Waals surface area contributed by atoms with Crippen LogP contribution in [0.1, 0.15) is 21.4 Å². The van der Waals surface area contributed by atoms with Gasteiger partial charge in [-0.2, -0.15) is 0 Å². The largest absolute Gasteiger partial charge is 0.355 e. The van der Waals surface area contributed by atoms with Gasteiger partial charge >= 0.3 is 0 Å². The molecule has 0 N–H and O–H groups in total. The number of amides is 1. The average Bonchev–Trinajstić information content (AvgIpc) is 3.32. The molecule has 1 amide bonds. The second kappa shape index (κ2) is 6.72. The van der Waals surface area contributed by atoms with Gasteiger partial charge in [0.15, 0.2) is 11.5 Å². The monoisotopic (exact) mass is 354 g/mol. The van der Waals surface area contributed by atoms with E-state index in [1.54, 1.807) is 28.8 Å². The van der Waals surface area contributed by atoms with Gasteiger partial charge in [0.2, 0.25) is 0 Å². The Kier molecular flexibility index (Phi) is 4.28. The van der Waals surface area contributed by atoms with Gasteiger partial charge in [0.25, 0.3) is 5.91 Å². The summed E-state index contributed by atoms with van der Waals surface area (Å²) in [6.07, 6.45) is 0. The zero-order chi connectivity index (χ0) is 17.2. The van der Waals surface area contributed by atoms with Gasteiger partial charge in [-0.25, -0.2) is 4.39 Å². The smallest absolute Gasteiger partial charge is 0.277 e. The van der Waals surface area contributed by atoms with Gasteiger partial charge in [-0.3, -0.25) is 4.79 Å². The molecule has 0 saturated carbocycles. The standard InChI is InChI=1S/C19H15FN2O2S/c20-15-8-4-7-14(11-15)19-22(9-10-25-19)18(23)16-12-17(24-21-16)13-5-2-1-3-6-13/h1-8,11-12,19H,9-10H2/t19-/m1/s1. The summed E-state index contributed by atoms with van der Waals surface area (Å²) in [5.41, 5.74) is 1.91. The molecular weight excluding hydrogens is 339 g/mol. The first-order chi connectivity index (χ1) is 12.2. The number of halogens is 1. The number of benzene rings is 2. The zero-order valence-electron chi connectivity index (χ0n) is 13.3. The number of hydrogen-bond donors (Lipinski definition) is 0. The molecule has 2 heterocycles. The van der Waals surface area contributed by atoms with Crippen molar-refractivity contribution in [3.8, 4) is 11.3 Å². The van der Waals surface area contributed by atoms with Crippen molar-refractivity contribution in [3.63, 3.8) is 0 Å². The molecule has 0 aliphatic carbocycles. The number of carbonyl (C=O) groups excluding carboxylic acids is 1. The molecule has 1 aliphatic rings. The van der Waals surface area contributed by atoms with Crippen LogP contribution in [0.4, 0.5) is 4.39 Å². The van der Waals surface area contributed by atoms with Gasteiger partial charge < -0.3 is 9.42 Å². The van der Waals surface area contributed by atoms with Gasteiger partial charge in [0, 0.05) is 23.9 Å². The van der Waals surface area contributed by atoms with Crippen LogP contribution < -0.4 is 0 Å². The lowest BCUT2D eigenvalue weighted by atomic mass is 10.1. The van der Waals surface area contributed by atoms with Crippen LogP contribution >= 0.6 is 11.8 Å². The maximum absolute atomic E-state index is 13.5. The lowest BCUT2D eigenvalue weighted by molar-refractivity contribution is 0.0749. The highest BCUT2D eigenvalue weighted by Gasteiger charge is 2.33.